The summed E-state index contributed by atoms with van der Waals surface area (Å²) < 4.78 is 10.6. The summed E-state index contributed by atoms with van der Waals surface area (Å²) in [6, 6.07) is 5.37. The van der Waals surface area contributed by atoms with E-state index in [0.717, 1.165) is 0 Å². The maximum atomic E-state index is 10.8. The lowest BCUT2D eigenvalue weighted by Crippen LogP contribution is -1.96. The zero-order chi connectivity index (χ0) is 11.8. The fourth-order valence-electron chi connectivity index (χ4n) is 1.68. The zero-order valence-corrected chi connectivity index (χ0v) is 8.64. The Labute approximate surface area is 95.8 Å². The van der Waals surface area contributed by atoms with Crippen LogP contribution in [-0.4, -0.2) is 27.8 Å². The van der Waals surface area contributed by atoms with Crippen molar-refractivity contribution in [1.29, 1.82) is 0 Å². The molecule has 0 saturated carbocycles. The van der Waals surface area contributed by atoms with Crippen LogP contribution in [0.1, 0.15) is 10.5 Å². The fourth-order valence-corrected chi connectivity index (χ4v) is 1.68. The van der Waals surface area contributed by atoms with Crippen molar-refractivity contribution >= 4 is 5.97 Å². The van der Waals surface area contributed by atoms with Crippen LogP contribution in [0.5, 0.6) is 11.5 Å². The highest BCUT2D eigenvalue weighted by Crippen LogP contribution is 2.39. The van der Waals surface area contributed by atoms with Gasteiger partial charge in [0.2, 0.25) is 6.79 Å². The number of aromatic carboxylic acids is 1. The molecule has 2 heterocycles. The van der Waals surface area contributed by atoms with Gasteiger partial charge in [-0.05, 0) is 12.1 Å². The monoisotopic (exact) mass is 232 g/mol. The molecule has 0 aliphatic carbocycles. The second-order valence-corrected chi connectivity index (χ2v) is 3.49. The van der Waals surface area contributed by atoms with Crippen LogP contribution in [0, 0.1) is 0 Å². The molecular formula is C11H8N2O4. The van der Waals surface area contributed by atoms with E-state index in [0.29, 0.717) is 22.9 Å². The SMILES string of the molecule is O=C(O)c1cnc(-c2cccc3c2OCO3)[nH]1. The van der Waals surface area contributed by atoms with Crippen LogP contribution in [0.25, 0.3) is 11.4 Å². The first-order valence-electron chi connectivity index (χ1n) is 4.93. The van der Waals surface area contributed by atoms with Gasteiger partial charge in [0.25, 0.3) is 0 Å². The van der Waals surface area contributed by atoms with Crippen LogP contribution in [0.4, 0.5) is 0 Å². The van der Waals surface area contributed by atoms with Crippen molar-refractivity contribution in [3.8, 4) is 22.9 Å². The highest BCUT2D eigenvalue weighted by atomic mass is 16.7. The number of carbonyl (C=O) groups is 1. The van der Waals surface area contributed by atoms with Crippen LogP contribution in [0.15, 0.2) is 24.4 Å². The quantitative estimate of drug-likeness (QED) is 0.819. The van der Waals surface area contributed by atoms with Gasteiger partial charge in [-0.2, -0.15) is 0 Å². The van der Waals surface area contributed by atoms with Crippen LogP contribution in [0.3, 0.4) is 0 Å². The largest absolute Gasteiger partial charge is 0.477 e. The predicted molar refractivity (Wildman–Crippen MR) is 57.1 cm³/mol. The number of aromatic amines is 1. The highest BCUT2D eigenvalue weighted by Gasteiger charge is 2.20. The molecule has 0 spiro atoms. The van der Waals surface area contributed by atoms with Crippen molar-refractivity contribution in [2.45, 2.75) is 0 Å². The van der Waals surface area contributed by atoms with Crippen LogP contribution in [-0.2, 0) is 0 Å². The second kappa shape index (κ2) is 3.51. The van der Waals surface area contributed by atoms with E-state index >= 15 is 0 Å². The third-order valence-electron chi connectivity index (χ3n) is 2.46. The maximum Gasteiger partial charge on any atom is 0.353 e. The first-order chi connectivity index (χ1) is 8.25. The molecule has 1 aromatic heterocycles. The minimum Gasteiger partial charge on any atom is -0.477 e. The van der Waals surface area contributed by atoms with Gasteiger partial charge >= 0.3 is 5.97 Å². The summed E-state index contributed by atoms with van der Waals surface area (Å²) in [6.07, 6.45) is 1.27. The van der Waals surface area contributed by atoms with Crippen molar-refractivity contribution < 1.29 is 19.4 Å². The van der Waals surface area contributed by atoms with E-state index in [1.807, 2.05) is 0 Å². The van der Waals surface area contributed by atoms with Crippen molar-refractivity contribution in [2.75, 3.05) is 6.79 Å². The molecule has 0 unspecified atom stereocenters. The molecule has 0 atom stereocenters. The number of fused-ring (bicyclic) bond motifs is 1. The van der Waals surface area contributed by atoms with Crippen molar-refractivity contribution in [3.63, 3.8) is 0 Å². The fraction of sp³-hybridized carbons (Fsp3) is 0.0909. The summed E-state index contributed by atoms with van der Waals surface area (Å²) >= 11 is 0. The number of nitrogens with zero attached hydrogens (tertiary/aromatic N) is 1. The van der Waals surface area contributed by atoms with Gasteiger partial charge in [-0.15, -0.1) is 0 Å². The maximum absolute atomic E-state index is 10.8. The Morgan fingerprint density at radius 2 is 2.29 bits per heavy atom. The molecule has 0 radical (unpaired) electrons. The van der Waals surface area contributed by atoms with Gasteiger partial charge in [-0.25, -0.2) is 9.78 Å². The molecule has 0 saturated heterocycles. The minimum absolute atomic E-state index is 0.0384. The number of hydrogen-bond donors (Lipinski definition) is 2. The molecule has 0 amide bonds. The van der Waals surface area contributed by atoms with Crippen LogP contribution >= 0.6 is 0 Å². The summed E-state index contributed by atoms with van der Waals surface area (Å²) in [5, 5.41) is 8.81. The summed E-state index contributed by atoms with van der Waals surface area (Å²) in [5.41, 5.74) is 0.726. The summed E-state index contributed by atoms with van der Waals surface area (Å²) in [6.45, 7) is 0.166. The summed E-state index contributed by atoms with van der Waals surface area (Å²) in [4.78, 5) is 17.5. The lowest BCUT2D eigenvalue weighted by molar-refractivity contribution is 0.0691. The molecule has 1 aliphatic heterocycles. The Hall–Kier alpha value is -2.50. The number of para-hydroxylation sites is 1. The number of hydrogen-bond acceptors (Lipinski definition) is 4. The van der Waals surface area contributed by atoms with Gasteiger partial charge in [0.05, 0.1) is 11.8 Å². The van der Waals surface area contributed by atoms with Crippen molar-refractivity contribution in [1.82, 2.24) is 9.97 Å². The molecule has 0 fully saturated rings. The van der Waals surface area contributed by atoms with Crippen molar-refractivity contribution in [3.05, 3.63) is 30.1 Å². The second-order valence-electron chi connectivity index (χ2n) is 3.49. The van der Waals surface area contributed by atoms with Crippen LogP contribution in [0.2, 0.25) is 0 Å². The number of imidazole rings is 1. The molecule has 2 N–H and O–H groups in total. The Bertz CT molecular complexity index is 591. The van der Waals surface area contributed by atoms with E-state index < -0.39 is 5.97 Å². The summed E-state index contributed by atoms with van der Waals surface area (Å²) in [5.74, 6) is 0.618. The predicted octanol–water partition coefficient (Wildman–Crippen LogP) is 1.50. The molecule has 86 valence electrons. The number of H-pyrrole nitrogens is 1. The van der Waals surface area contributed by atoms with E-state index in [1.165, 1.54) is 6.20 Å². The molecule has 1 aromatic carbocycles. The standard InChI is InChI=1S/C11H8N2O4/c14-11(15)7-4-12-10(13-7)6-2-1-3-8-9(6)17-5-16-8/h1-4H,5H2,(H,12,13)(H,14,15). The number of benzene rings is 1. The van der Waals surface area contributed by atoms with Crippen molar-refractivity contribution in [2.24, 2.45) is 0 Å². The van der Waals surface area contributed by atoms with E-state index in [4.69, 9.17) is 14.6 Å². The Morgan fingerprint density at radius 1 is 1.41 bits per heavy atom. The first-order valence-corrected chi connectivity index (χ1v) is 4.93. The molecular weight excluding hydrogens is 224 g/mol. The number of carboxylic acid groups (broad SMARTS) is 1. The van der Waals surface area contributed by atoms with Gasteiger partial charge in [0.1, 0.15) is 11.5 Å². The number of ether oxygens (including phenoxy) is 2. The smallest absolute Gasteiger partial charge is 0.353 e. The number of carboxylic acids is 1. The van der Waals surface area contributed by atoms with E-state index in [9.17, 15) is 4.79 Å². The molecule has 6 heteroatoms. The van der Waals surface area contributed by atoms with E-state index in [-0.39, 0.29) is 12.5 Å². The van der Waals surface area contributed by atoms with Gasteiger partial charge in [0, 0.05) is 0 Å². The molecule has 6 nitrogen and oxygen atoms in total. The zero-order valence-electron chi connectivity index (χ0n) is 8.64. The molecule has 2 aromatic rings. The van der Waals surface area contributed by atoms with Gasteiger partial charge in [-0.1, -0.05) is 6.07 Å². The lowest BCUT2D eigenvalue weighted by Gasteiger charge is -2.01. The number of nitrogens with one attached hydrogen (secondary N) is 1. The Balaban J connectivity index is 2.09. The normalized spacial score (nSPS) is 12.7. The van der Waals surface area contributed by atoms with Crippen LogP contribution < -0.4 is 9.47 Å². The average molecular weight is 232 g/mol. The number of aromatic nitrogens is 2. The topological polar surface area (TPSA) is 84.4 Å². The third kappa shape index (κ3) is 1.50. The molecule has 1 aliphatic rings. The highest BCUT2D eigenvalue weighted by molar-refractivity contribution is 5.86. The minimum atomic E-state index is -1.05. The first kappa shape index (κ1) is 9.71. The van der Waals surface area contributed by atoms with Gasteiger partial charge in [0.15, 0.2) is 11.5 Å². The third-order valence-corrected chi connectivity index (χ3v) is 2.46. The molecule has 0 bridgehead atoms. The molecule has 17 heavy (non-hydrogen) atoms. The van der Waals surface area contributed by atoms with E-state index in [2.05, 4.69) is 9.97 Å². The van der Waals surface area contributed by atoms with E-state index in [1.54, 1.807) is 18.2 Å². The van der Waals surface area contributed by atoms with Gasteiger partial charge in [-0.3, -0.25) is 0 Å². The van der Waals surface area contributed by atoms with Gasteiger partial charge < -0.3 is 19.6 Å². The average Bonchev–Trinajstić information content (AvgIpc) is 2.97. The Kier molecular flexibility index (Phi) is 2.01. The number of rotatable bonds is 2. The summed E-state index contributed by atoms with van der Waals surface area (Å²) in [7, 11) is 0. The lowest BCUT2D eigenvalue weighted by atomic mass is 10.2. The Morgan fingerprint density at radius 3 is 3.06 bits per heavy atom. The molecule has 3 rings (SSSR count).